The molecule has 1 atom stereocenters. The average Bonchev–Trinajstić information content (AvgIpc) is 2.79. The van der Waals surface area contributed by atoms with Gasteiger partial charge in [0.1, 0.15) is 0 Å². The summed E-state index contributed by atoms with van der Waals surface area (Å²) in [5.74, 6) is -0.0193. The second-order valence-corrected chi connectivity index (χ2v) is 8.39. The van der Waals surface area contributed by atoms with Crippen LogP contribution in [0, 0.1) is 5.92 Å². The van der Waals surface area contributed by atoms with Gasteiger partial charge in [-0.05, 0) is 42.5 Å². The Labute approximate surface area is 183 Å². The van der Waals surface area contributed by atoms with Gasteiger partial charge >= 0.3 is 0 Å². The molecule has 0 bridgehead atoms. The Morgan fingerprint density at radius 3 is 2.32 bits per heavy atom. The van der Waals surface area contributed by atoms with Crippen molar-refractivity contribution in [3.63, 3.8) is 0 Å². The molecule has 6 nitrogen and oxygen atoms in total. The molecule has 0 aliphatic carbocycles. The summed E-state index contributed by atoms with van der Waals surface area (Å²) in [7, 11) is 0. The number of carbonyl (C=O) groups is 3. The molecule has 2 heterocycles. The van der Waals surface area contributed by atoms with Gasteiger partial charge in [-0.2, -0.15) is 0 Å². The molecule has 6 heteroatoms. The maximum atomic E-state index is 13.1. The standard InChI is InChI=1S/C25H29N3O3/c1-18(29)28-16-13-19-7-5-6-10-22(19)23(28)17-24(30)27-14-11-20(12-15-27)25(31)26-21-8-3-2-4-9-21/h2-10,20,23H,11-17H2,1H3,(H,26,31). The molecule has 2 aromatic rings. The number of nitrogens with one attached hydrogen (secondary N) is 1. The van der Waals surface area contributed by atoms with E-state index in [0.29, 0.717) is 32.5 Å². The Kier molecular flexibility index (Phi) is 6.35. The fraction of sp³-hybridized carbons (Fsp3) is 0.400. The van der Waals surface area contributed by atoms with Crippen LogP contribution >= 0.6 is 0 Å². The van der Waals surface area contributed by atoms with Crippen LogP contribution < -0.4 is 5.32 Å². The molecule has 1 N–H and O–H groups in total. The van der Waals surface area contributed by atoms with Crippen molar-refractivity contribution in [1.29, 1.82) is 0 Å². The maximum absolute atomic E-state index is 13.1. The molecule has 31 heavy (non-hydrogen) atoms. The number of carbonyl (C=O) groups excluding carboxylic acids is 3. The Balaban J connectivity index is 1.36. The minimum absolute atomic E-state index is 0.00333. The molecule has 2 aromatic carbocycles. The SMILES string of the molecule is CC(=O)N1CCc2ccccc2C1CC(=O)N1CCC(C(=O)Nc2ccccc2)CC1. The van der Waals surface area contributed by atoms with Gasteiger partial charge in [-0.15, -0.1) is 0 Å². The lowest BCUT2D eigenvalue weighted by Crippen LogP contribution is -2.45. The fourth-order valence-electron chi connectivity index (χ4n) is 4.70. The van der Waals surface area contributed by atoms with Gasteiger partial charge < -0.3 is 15.1 Å². The molecule has 0 saturated carbocycles. The van der Waals surface area contributed by atoms with E-state index in [1.807, 2.05) is 58.3 Å². The third-order valence-electron chi connectivity index (χ3n) is 6.44. The highest BCUT2D eigenvalue weighted by molar-refractivity contribution is 5.92. The number of hydrogen-bond donors (Lipinski definition) is 1. The summed E-state index contributed by atoms with van der Waals surface area (Å²) in [6, 6.07) is 17.3. The molecular formula is C25H29N3O3. The molecule has 0 aromatic heterocycles. The summed E-state index contributed by atoms with van der Waals surface area (Å²) in [4.78, 5) is 41.5. The van der Waals surface area contributed by atoms with Crippen LogP contribution in [0.25, 0.3) is 0 Å². The van der Waals surface area contributed by atoms with Gasteiger partial charge in [0.05, 0.1) is 12.5 Å². The van der Waals surface area contributed by atoms with Crippen molar-refractivity contribution in [2.75, 3.05) is 25.0 Å². The van der Waals surface area contributed by atoms with E-state index in [-0.39, 0.29) is 36.1 Å². The zero-order valence-corrected chi connectivity index (χ0v) is 17.9. The van der Waals surface area contributed by atoms with Crippen LogP contribution in [-0.2, 0) is 20.8 Å². The van der Waals surface area contributed by atoms with Crippen LogP contribution in [0.2, 0.25) is 0 Å². The highest BCUT2D eigenvalue weighted by Gasteiger charge is 2.33. The summed E-state index contributed by atoms with van der Waals surface area (Å²) < 4.78 is 0. The van der Waals surface area contributed by atoms with Crippen LogP contribution in [0.4, 0.5) is 5.69 Å². The van der Waals surface area contributed by atoms with Crippen molar-refractivity contribution in [1.82, 2.24) is 9.80 Å². The number of para-hydroxylation sites is 1. The molecule has 2 aliphatic rings. The highest BCUT2D eigenvalue weighted by atomic mass is 16.2. The first-order valence-electron chi connectivity index (χ1n) is 11.0. The maximum Gasteiger partial charge on any atom is 0.227 e. The van der Waals surface area contributed by atoms with Crippen LogP contribution in [0.1, 0.15) is 43.4 Å². The van der Waals surface area contributed by atoms with E-state index in [9.17, 15) is 14.4 Å². The molecule has 0 spiro atoms. The Morgan fingerprint density at radius 1 is 0.935 bits per heavy atom. The Hall–Kier alpha value is -3.15. The van der Waals surface area contributed by atoms with Crippen LogP contribution in [0.15, 0.2) is 54.6 Å². The summed E-state index contributed by atoms with van der Waals surface area (Å²) in [6.45, 7) is 3.36. The monoisotopic (exact) mass is 419 g/mol. The smallest absolute Gasteiger partial charge is 0.227 e. The fourth-order valence-corrected chi connectivity index (χ4v) is 4.70. The summed E-state index contributed by atoms with van der Waals surface area (Å²) in [5.41, 5.74) is 3.09. The van der Waals surface area contributed by atoms with Gasteiger partial charge in [0.2, 0.25) is 17.7 Å². The third kappa shape index (κ3) is 4.79. The highest BCUT2D eigenvalue weighted by Crippen LogP contribution is 2.33. The Morgan fingerprint density at radius 2 is 1.61 bits per heavy atom. The second-order valence-electron chi connectivity index (χ2n) is 8.39. The lowest BCUT2D eigenvalue weighted by Gasteiger charge is -2.38. The van der Waals surface area contributed by atoms with E-state index in [4.69, 9.17) is 0 Å². The number of anilines is 1. The van der Waals surface area contributed by atoms with Crippen molar-refractivity contribution < 1.29 is 14.4 Å². The van der Waals surface area contributed by atoms with Gasteiger partial charge in [0.15, 0.2) is 0 Å². The first-order valence-corrected chi connectivity index (χ1v) is 11.0. The number of rotatable bonds is 4. The van der Waals surface area contributed by atoms with Crippen molar-refractivity contribution >= 4 is 23.4 Å². The summed E-state index contributed by atoms with van der Waals surface area (Å²) in [5, 5.41) is 2.96. The predicted octanol–water partition coefficient (Wildman–Crippen LogP) is 3.40. The molecule has 2 aliphatic heterocycles. The number of amides is 3. The van der Waals surface area contributed by atoms with Gasteiger partial charge in [0.25, 0.3) is 0 Å². The molecule has 1 fully saturated rings. The lowest BCUT2D eigenvalue weighted by molar-refractivity contribution is -0.138. The third-order valence-corrected chi connectivity index (χ3v) is 6.44. The molecule has 4 rings (SSSR count). The van der Waals surface area contributed by atoms with E-state index < -0.39 is 0 Å². The van der Waals surface area contributed by atoms with E-state index in [2.05, 4.69) is 11.4 Å². The predicted molar refractivity (Wildman–Crippen MR) is 119 cm³/mol. The van der Waals surface area contributed by atoms with Crippen molar-refractivity contribution in [2.45, 2.75) is 38.6 Å². The average molecular weight is 420 g/mol. The lowest BCUT2D eigenvalue weighted by atomic mass is 9.89. The normalized spacial score (nSPS) is 18.9. The van der Waals surface area contributed by atoms with E-state index in [1.165, 1.54) is 5.56 Å². The summed E-state index contributed by atoms with van der Waals surface area (Å²) >= 11 is 0. The van der Waals surface area contributed by atoms with Crippen LogP contribution in [0.5, 0.6) is 0 Å². The number of benzene rings is 2. The summed E-state index contributed by atoms with van der Waals surface area (Å²) in [6.07, 6.45) is 2.42. The van der Waals surface area contributed by atoms with Crippen molar-refractivity contribution in [3.05, 3.63) is 65.7 Å². The number of likely N-dealkylation sites (tertiary alicyclic amines) is 1. The number of fused-ring (bicyclic) bond motifs is 1. The Bertz CT molecular complexity index is 951. The molecule has 1 saturated heterocycles. The van der Waals surface area contributed by atoms with Gasteiger partial charge in [-0.25, -0.2) is 0 Å². The van der Waals surface area contributed by atoms with Gasteiger partial charge in [-0.1, -0.05) is 42.5 Å². The zero-order valence-electron chi connectivity index (χ0n) is 17.9. The van der Waals surface area contributed by atoms with Crippen molar-refractivity contribution in [3.8, 4) is 0 Å². The zero-order chi connectivity index (χ0) is 21.8. The van der Waals surface area contributed by atoms with E-state index in [0.717, 1.165) is 17.7 Å². The molecular weight excluding hydrogens is 390 g/mol. The quantitative estimate of drug-likeness (QED) is 0.826. The number of piperidine rings is 1. The molecule has 1 unspecified atom stereocenters. The van der Waals surface area contributed by atoms with Crippen LogP contribution in [0.3, 0.4) is 0 Å². The van der Waals surface area contributed by atoms with Crippen molar-refractivity contribution in [2.24, 2.45) is 5.92 Å². The first kappa shape index (κ1) is 21.1. The van der Waals surface area contributed by atoms with Gasteiger partial charge in [-0.3, -0.25) is 14.4 Å². The largest absolute Gasteiger partial charge is 0.343 e. The minimum Gasteiger partial charge on any atom is -0.343 e. The first-order chi connectivity index (χ1) is 15.0. The number of hydrogen-bond acceptors (Lipinski definition) is 3. The molecule has 162 valence electrons. The topological polar surface area (TPSA) is 69.7 Å². The second kappa shape index (κ2) is 9.33. The van der Waals surface area contributed by atoms with E-state index >= 15 is 0 Å². The molecule has 0 radical (unpaired) electrons. The van der Waals surface area contributed by atoms with Crippen LogP contribution in [-0.4, -0.2) is 47.2 Å². The number of nitrogens with zero attached hydrogens (tertiary/aromatic N) is 2. The van der Waals surface area contributed by atoms with Gasteiger partial charge in [0, 0.05) is 38.2 Å². The van der Waals surface area contributed by atoms with E-state index in [1.54, 1.807) is 6.92 Å². The minimum atomic E-state index is -0.214. The molecule has 3 amide bonds.